The molecule has 0 aliphatic heterocycles. The van der Waals surface area contributed by atoms with Gasteiger partial charge >= 0.3 is 0 Å². The van der Waals surface area contributed by atoms with Crippen LogP contribution in [-0.4, -0.2) is 10.6 Å². The van der Waals surface area contributed by atoms with Crippen molar-refractivity contribution in [3.05, 3.63) is 0 Å². The number of carbonyl (C=O) groups is 1. The molecule has 3 unspecified atom stereocenters. The Balaban J connectivity index is 2.16. The van der Waals surface area contributed by atoms with Crippen LogP contribution >= 0.6 is 15.9 Å². The lowest BCUT2D eigenvalue weighted by Gasteiger charge is -2.38. The van der Waals surface area contributed by atoms with Gasteiger partial charge in [-0.1, -0.05) is 15.9 Å². The molecule has 3 fully saturated rings. The minimum atomic E-state index is 0.411. The van der Waals surface area contributed by atoms with Gasteiger partial charge in [0.1, 0.15) is 5.78 Å². The zero-order valence-corrected chi connectivity index (χ0v) is 7.43. The van der Waals surface area contributed by atoms with Crippen LogP contribution in [0.1, 0.15) is 25.7 Å². The van der Waals surface area contributed by atoms with Crippen LogP contribution < -0.4 is 0 Å². The van der Waals surface area contributed by atoms with E-state index in [0.29, 0.717) is 22.4 Å². The second kappa shape index (κ2) is 2.33. The first-order valence-corrected chi connectivity index (χ1v) is 4.85. The molecule has 1 nitrogen and oxygen atoms in total. The van der Waals surface area contributed by atoms with Crippen molar-refractivity contribution in [2.45, 2.75) is 30.5 Å². The first-order valence-electron chi connectivity index (χ1n) is 3.94. The number of hydrogen-bond acceptors (Lipinski definition) is 1. The smallest absolute Gasteiger partial charge is 0.136 e. The number of carbonyl (C=O) groups excluding carboxylic acids is 1. The third kappa shape index (κ3) is 0.931. The normalized spacial score (nSPS) is 46.1. The summed E-state index contributed by atoms with van der Waals surface area (Å²) < 4.78 is 0. The Labute approximate surface area is 69.3 Å². The number of hydrogen-bond donors (Lipinski definition) is 0. The molecule has 0 N–H and O–H groups in total. The molecule has 0 aromatic heterocycles. The third-order valence-corrected chi connectivity index (χ3v) is 3.95. The topological polar surface area (TPSA) is 17.1 Å². The highest BCUT2D eigenvalue weighted by Crippen LogP contribution is 2.42. The average molecular weight is 203 g/mol. The van der Waals surface area contributed by atoms with Gasteiger partial charge in [-0.05, 0) is 25.2 Å². The lowest BCUT2D eigenvalue weighted by Crippen LogP contribution is -2.38. The van der Waals surface area contributed by atoms with Crippen molar-refractivity contribution < 1.29 is 4.79 Å². The van der Waals surface area contributed by atoms with Crippen LogP contribution in [0.25, 0.3) is 0 Å². The fraction of sp³-hybridized carbons (Fsp3) is 0.875. The van der Waals surface area contributed by atoms with E-state index in [-0.39, 0.29) is 0 Å². The van der Waals surface area contributed by atoms with Gasteiger partial charge < -0.3 is 0 Å². The van der Waals surface area contributed by atoms with Crippen LogP contribution in [-0.2, 0) is 4.79 Å². The van der Waals surface area contributed by atoms with Crippen molar-refractivity contribution in [2.75, 3.05) is 0 Å². The summed E-state index contributed by atoms with van der Waals surface area (Å²) in [6.45, 7) is 0. The van der Waals surface area contributed by atoms with E-state index in [4.69, 9.17) is 0 Å². The Morgan fingerprint density at radius 3 is 2.50 bits per heavy atom. The molecule has 0 aromatic rings. The quantitative estimate of drug-likeness (QED) is 0.551. The van der Waals surface area contributed by atoms with E-state index in [1.807, 2.05) is 0 Å². The van der Waals surface area contributed by atoms with Gasteiger partial charge in [0.05, 0.1) is 0 Å². The Morgan fingerprint density at radius 2 is 2.20 bits per heavy atom. The Kier molecular flexibility index (Phi) is 1.59. The van der Waals surface area contributed by atoms with Gasteiger partial charge in [0.15, 0.2) is 0 Å². The van der Waals surface area contributed by atoms with E-state index in [9.17, 15) is 4.79 Å². The highest BCUT2D eigenvalue weighted by atomic mass is 79.9. The summed E-state index contributed by atoms with van der Waals surface area (Å²) in [5, 5.41) is 0. The number of ketones is 1. The largest absolute Gasteiger partial charge is 0.299 e. The second-order valence-corrected chi connectivity index (χ2v) is 4.63. The Morgan fingerprint density at radius 1 is 1.40 bits per heavy atom. The highest BCUT2D eigenvalue weighted by Gasteiger charge is 2.39. The molecule has 56 valence electrons. The molecular weight excluding hydrogens is 192 g/mol. The molecular formula is C8H11BrO. The molecule has 0 aromatic carbocycles. The molecule has 0 heterocycles. The number of halogens is 1. The summed E-state index contributed by atoms with van der Waals surface area (Å²) in [5.41, 5.74) is 0. The van der Waals surface area contributed by atoms with Crippen molar-refractivity contribution in [3.63, 3.8) is 0 Å². The summed E-state index contributed by atoms with van der Waals surface area (Å²) in [5.74, 6) is 1.60. The zero-order valence-electron chi connectivity index (χ0n) is 5.85. The molecule has 3 rings (SSSR count). The third-order valence-electron chi connectivity index (χ3n) is 2.83. The predicted molar refractivity (Wildman–Crippen MR) is 43.2 cm³/mol. The highest BCUT2D eigenvalue weighted by molar-refractivity contribution is 9.09. The molecule has 0 spiro atoms. The van der Waals surface area contributed by atoms with Crippen molar-refractivity contribution in [2.24, 2.45) is 11.8 Å². The van der Waals surface area contributed by atoms with Gasteiger partial charge in [-0.3, -0.25) is 4.79 Å². The maximum atomic E-state index is 11.2. The Bertz CT molecular complexity index is 167. The summed E-state index contributed by atoms with van der Waals surface area (Å²) in [7, 11) is 0. The SMILES string of the molecule is O=C1CC2CCC1CC2Br. The molecule has 10 heavy (non-hydrogen) atoms. The summed E-state index contributed by atoms with van der Waals surface area (Å²) in [6.07, 6.45) is 4.38. The van der Waals surface area contributed by atoms with Crippen LogP contribution in [0.3, 0.4) is 0 Å². The summed E-state index contributed by atoms with van der Waals surface area (Å²) in [6, 6.07) is 0. The number of rotatable bonds is 0. The lowest BCUT2D eigenvalue weighted by molar-refractivity contribution is -0.128. The van der Waals surface area contributed by atoms with Gasteiger partial charge in [-0.2, -0.15) is 0 Å². The first-order chi connectivity index (χ1) is 4.77. The van der Waals surface area contributed by atoms with Crippen molar-refractivity contribution in [3.8, 4) is 0 Å². The van der Waals surface area contributed by atoms with Crippen LogP contribution in [0.5, 0.6) is 0 Å². The van der Waals surface area contributed by atoms with E-state index in [1.165, 1.54) is 6.42 Å². The van der Waals surface area contributed by atoms with Gasteiger partial charge in [-0.15, -0.1) is 0 Å². The maximum absolute atomic E-state index is 11.2. The van der Waals surface area contributed by atoms with Crippen LogP contribution in [0, 0.1) is 11.8 Å². The van der Waals surface area contributed by atoms with E-state index in [1.54, 1.807) is 0 Å². The van der Waals surface area contributed by atoms with Crippen LogP contribution in [0.2, 0.25) is 0 Å². The standard InChI is InChI=1S/C8H11BrO/c9-7-3-6-2-1-5(7)4-8(6)10/h5-7H,1-4H2. The molecule has 3 aliphatic rings. The number of fused-ring (bicyclic) bond motifs is 3. The van der Waals surface area contributed by atoms with Gasteiger partial charge in [0.25, 0.3) is 0 Å². The maximum Gasteiger partial charge on any atom is 0.136 e. The molecule has 2 bridgehead atoms. The molecule has 3 aliphatic carbocycles. The van der Waals surface area contributed by atoms with Crippen molar-refractivity contribution in [1.29, 1.82) is 0 Å². The summed E-state index contributed by atoms with van der Waals surface area (Å²) >= 11 is 3.62. The molecule has 3 saturated carbocycles. The van der Waals surface area contributed by atoms with Crippen molar-refractivity contribution in [1.82, 2.24) is 0 Å². The molecule has 3 atom stereocenters. The van der Waals surface area contributed by atoms with Crippen LogP contribution in [0.4, 0.5) is 0 Å². The molecule has 0 radical (unpaired) electrons. The van der Waals surface area contributed by atoms with Crippen LogP contribution in [0.15, 0.2) is 0 Å². The molecule has 2 heteroatoms. The van der Waals surface area contributed by atoms with Gasteiger partial charge in [-0.25, -0.2) is 0 Å². The lowest BCUT2D eigenvalue weighted by atomic mass is 9.70. The Hall–Kier alpha value is 0.150. The zero-order chi connectivity index (χ0) is 7.14. The van der Waals surface area contributed by atoms with E-state index in [2.05, 4.69) is 15.9 Å². The molecule has 0 amide bonds. The fourth-order valence-corrected chi connectivity index (χ4v) is 3.03. The fourth-order valence-electron chi connectivity index (χ4n) is 2.13. The average Bonchev–Trinajstić information content (AvgIpc) is 1.91. The van der Waals surface area contributed by atoms with E-state index in [0.717, 1.165) is 19.3 Å². The first kappa shape index (κ1) is 6.84. The van der Waals surface area contributed by atoms with Gasteiger partial charge in [0, 0.05) is 17.2 Å². The summed E-state index contributed by atoms with van der Waals surface area (Å²) in [4.78, 5) is 11.8. The molecule has 0 saturated heterocycles. The van der Waals surface area contributed by atoms with E-state index >= 15 is 0 Å². The minimum absolute atomic E-state index is 0.411. The van der Waals surface area contributed by atoms with Gasteiger partial charge in [0.2, 0.25) is 0 Å². The predicted octanol–water partition coefficient (Wildman–Crippen LogP) is 2.14. The minimum Gasteiger partial charge on any atom is -0.299 e. The monoisotopic (exact) mass is 202 g/mol. The second-order valence-electron chi connectivity index (χ2n) is 3.46. The number of Topliss-reactive ketones (excluding diaryl/α,β-unsaturated/α-hetero) is 1. The number of alkyl halides is 1. The van der Waals surface area contributed by atoms with E-state index < -0.39 is 0 Å². The van der Waals surface area contributed by atoms with Crippen molar-refractivity contribution >= 4 is 21.7 Å².